The van der Waals surface area contributed by atoms with Gasteiger partial charge < -0.3 is 14.6 Å². The summed E-state index contributed by atoms with van der Waals surface area (Å²) in [6.07, 6.45) is -3.17. The fourth-order valence-electron chi connectivity index (χ4n) is 5.47. The summed E-state index contributed by atoms with van der Waals surface area (Å²) >= 11 is 0. The molecular weight excluding hydrogens is 430 g/mol. The number of carbonyl (C=O) groups excluding carboxylic acids is 1. The summed E-state index contributed by atoms with van der Waals surface area (Å²) in [5.41, 5.74) is 0.208. The predicted octanol–water partition coefficient (Wildman–Crippen LogP) is 4.42. The van der Waals surface area contributed by atoms with Gasteiger partial charge in [0.25, 0.3) is 5.88 Å². The van der Waals surface area contributed by atoms with Gasteiger partial charge in [0, 0.05) is 12.1 Å². The average Bonchev–Trinajstić information content (AvgIpc) is 3.42. The number of nitrogens with zero attached hydrogens (tertiary/aromatic N) is 1. The third-order valence-electron chi connectivity index (χ3n) is 6.88. The van der Waals surface area contributed by atoms with Crippen LogP contribution in [0.1, 0.15) is 42.4 Å². The molecule has 3 aliphatic rings. The Hall–Kier alpha value is -2.52. The normalized spacial score (nSPS) is 31.2. The van der Waals surface area contributed by atoms with Crippen molar-refractivity contribution >= 4 is 5.78 Å². The Morgan fingerprint density at radius 1 is 1.22 bits per heavy atom. The van der Waals surface area contributed by atoms with E-state index in [2.05, 4.69) is 4.98 Å². The highest BCUT2D eigenvalue weighted by molar-refractivity contribution is 5.93. The molecule has 9 heteroatoms. The molecule has 2 bridgehead atoms. The number of rotatable bonds is 4. The molecule has 6 atom stereocenters. The summed E-state index contributed by atoms with van der Waals surface area (Å²) in [5.74, 6) is -3.12. The second-order valence-corrected chi connectivity index (χ2v) is 8.59. The van der Waals surface area contributed by atoms with Crippen molar-refractivity contribution in [3.8, 4) is 11.6 Å². The molecule has 0 spiro atoms. The minimum absolute atomic E-state index is 0.0691. The molecule has 1 aromatic carbocycles. The third kappa shape index (κ3) is 3.29. The molecule has 1 aromatic heterocycles. The monoisotopic (exact) mass is 451 g/mol. The highest BCUT2D eigenvalue weighted by Crippen LogP contribution is 2.54. The van der Waals surface area contributed by atoms with Crippen molar-refractivity contribution in [2.24, 2.45) is 11.8 Å². The number of aliphatic hydroxyl groups excluding tert-OH is 1. The van der Waals surface area contributed by atoms with E-state index in [9.17, 15) is 27.5 Å². The van der Waals surface area contributed by atoms with Crippen molar-refractivity contribution in [3.05, 3.63) is 53.0 Å². The lowest BCUT2D eigenvalue weighted by atomic mass is 9.81. The van der Waals surface area contributed by atoms with Gasteiger partial charge in [0.05, 0.1) is 35.7 Å². The lowest BCUT2D eigenvalue weighted by Gasteiger charge is -2.23. The van der Waals surface area contributed by atoms with Crippen molar-refractivity contribution in [3.63, 3.8) is 0 Å². The molecule has 5 rings (SSSR count). The molecule has 3 heterocycles. The summed E-state index contributed by atoms with van der Waals surface area (Å²) < 4.78 is 63.7. The number of benzene rings is 1. The zero-order chi connectivity index (χ0) is 22.8. The zero-order valence-electron chi connectivity index (χ0n) is 17.1. The lowest BCUT2D eigenvalue weighted by molar-refractivity contribution is -0.138. The number of aromatic nitrogens is 1. The molecule has 2 aliphatic heterocycles. The van der Waals surface area contributed by atoms with Crippen LogP contribution in [-0.4, -0.2) is 34.2 Å². The van der Waals surface area contributed by atoms with E-state index >= 15 is 0 Å². The summed E-state index contributed by atoms with van der Waals surface area (Å²) in [4.78, 5) is 16.7. The number of aliphatic hydroxyl groups is 1. The van der Waals surface area contributed by atoms with Crippen molar-refractivity contribution in [1.82, 2.24) is 4.98 Å². The Morgan fingerprint density at radius 2 is 1.97 bits per heavy atom. The van der Waals surface area contributed by atoms with Crippen LogP contribution in [0, 0.1) is 17.7 Å². The number of hydrogen-bond donors (Lipinski definition) is 1. The maximum Gasteiger partial charge on any atom is 0.417 e. The first kappa shape index (κ1) is 21.3. The lowest BCUT2D eigenvalue weighted by Crippen LogP contribution is -2.31. The maximum atomic E-state index is 14.2. The van der Waals surface area contributed by atoms with Crippen LogP contribution in [0.15, 0.2) is 30.5 Å². The Kier molecular flexibility index (Phi) is 5.01. The molecular formula is C23H21F4NO4. The van der Waals surface area contributed by atoms with Crippen LogP contribution in [0.3, 0.4) is 0 Å². The molecule has 1 saturated carbocycles. The number of halogens is 4. The van der Waals surface area contributed by atoms with Gasteiger partial charge in [0.2, 0.25) is 0 Å². The third-order valence-corrected chi connectivity index (χ3v) is 6.88. The number of aryl methyl sites for hydroxylation is 1. The summed E-state index contributed by atoms with van der Waals surface area (Å²) in [6.45, 7) is 1.91. The Balaban J connectivity index is 1.46. The highest BCUT2D eigenvalue weighted by Gasteiger charge is 2.62. The van der Waals surface area contributed by atoms with E-state index in [1.807, 2.05) is 6.92 Å². The maximum absolute atomic E-state index is 14.2. The quantitative estimate of drug-likeness (QED) is 0.698. The van der Waals surface area contributed by atoms with Gasteiger partial charge in [-0.2, -0.15) is 13.2 Å². The van der Waals surface area contributed by atoms with E-state index in [0.29, 0.717) is 24.2 Å². The first-order chi connectivity index (χ1) is 15.2. The minimum atomic E-state index is -4.72. The molecule has 32 heavy (non-hydrogen) atoms. The largest absolute Gasteiger partial charge is 0.436 e. The van der Waals surface area contributed by atoms with Crippen LogP contribution < -0.4 is 4.74 Å². The molecule has 170 valence electrons. The number of pyridine rings is 1. The average molecular weight is 451 g/mol. The number of hydrogen-bond acceptors (Lipinski definition) is 5. The second kappa shape index (κ2) is 7.52. The fourth-order valence-corrected chi connectivity index (χ4v) is 5.47. The fraction of sp³-hybridized carbons (Fsp3) is 0.478. The molecule has 2 aromatic rings. The molecule has 1 N–H and O–H groups in total. The molecule has 6 unspecified atom stereocenters. The van der Waals surface area contributed by atoms with E-state index in [1.54, 1.807) is 18.2 Å². The van der Waals surface area contributed by atoms with E-state index in [4.69, 9.17) is 9.47 Å². The summed E-state index contributed by atoms with van der Waals surface area (Å²) in [5, 5.41) is 11.0. The SMILES string of the molecule is CCc1ccc(Oc2ncc(C(F)(F)F)cc2F)cc1C1C(=O)C2C3CCC(O3)C2C1O. The molecule has 0 radical (unpaired) electrons. The van der Waals surface area contributed by atoms with Crippen LogP contribution >= 0.6 is 0 Å². The van der Waals surface area contributed by atoms with Crippen LogP contribution in [0.5, 0.6) is 11.6 Å². The number of fused-ring (bicyclic) bond motifs is 5. The van der Waals surface area contributed by atoms with Gasteiger partial charge in [0.15, 0.2) is 5.82 Å². The van der Waals surface area contributed by atoms with E-state index in [0.717, 1.165) is 18.4 Å². The van der Waals surface area contributed by atoms with Crippen molar-refractivity contribution in [1.29, 1.82) is 0 Å². The van der Waals surface area contributed by atoms with Gasteiger partial charge >= 0.3 is 6.18 Å². The van der Waals surface area contributed by atoms with Crippen LogP contribution in [0.4, 0.5) is 17.6 Å². The molecule has 0 amide bonds. The smallest absolute Gasteiger partial charge is 0.417 e. The van der Waals surface area contributed by atoms with Crippen molar-refractivity contribution in [2.45, 2.75) is 56.6 Å². The van der Waals surface area contributed by atoms with Gasteiger partial charge in [-0.3, -0.25) is 4.79 Å². The first-order valence-electron chi connectivity index (χ1n) is 10.6. The Morgan fingerprint density at radius 3 is 2.62 bits per heavy atom. The van der Waals surface area contributed by atoms with Gasteiger partial charge in [-0.05, 0) is 48.6 Å². The van der Waals surface area contributed by atoms with E-state index in [1.165, 1.54) is 0 Å². The molecule has 3 fully saturated rings. The van der Waals surface area contributed by atoms with E-state index < -0.39 is 35.5 Å². The standard InChI is InChI=1S/C23H21F4NO4/c1-2-10-3-4-12(31-22-14(24)7-11(9-28-22)23(25,26)27)8-13(10)17-20(29)18-15-5-6-16(32-15)19(18)21(17)30/h3-4,7-9,15-20,29H,2,5-6H2,1H3. The minimum Gasteiger partial charge on any atom is -0.436 e. The Labute approximate surface area is 181 Å². The van der Waals surface area contributed by atoms with Crippen LogP contribution in [-0.2, 0) is 22.1 Å². The van der Waals surface area contributed by atoms with Crippen molar-refractivity contribution < 1.29 is 36.9 Å². The van der Waals surface area contributed by atoms with Crippen LogP contribution in [0.25, 0.3) is 0 Å². The van der Waals surface area contributed by atoms with Crippen LogP contribution in [0.2, 0.25) is 0 Å². The molecule has 1 aliphatic carbocycles. The number of Topliss-reactive ketones (excluding diaryl/α,β-unsaturated/α-hetero) is 1. The highest BCUT2D eigenvalue weighted by atomic mass is 19.4. The van der Waals surface area contributed by atoms with Crippen molar-refractivity contribution in [2.75, 3.05) is 0 Å². The first-order valence-corrected chi connectivity index (χ1v) is 10.6. The summed E-state index contributed by atoms with van der Waals surface area (Å²) in [7, 11) is 0. The second-order valence-electron chi connectivity index (χ2n) is 8.59. The number of ketones is 1. The number of alkyl halides is 3. The van der Waals surface area contributed by atoms with E-state index in [-0.39, 0.29) is 35.6 Å². The summed E-state index contributed by atoms with van der Waals surface area (Å²) in [6, 6.07) is 5.13. The molecule has 2 saturated heterocycles. The van der Waals surface area contributed by atoms with Gasteiger partial charge in [-0.15, -0.1) is 0 Å². The molecule has 5 nitrogen and oxygen atoms in total. The Bertz CT molecular complexity index is 1070. The van der Waals surface area contributed by atoms with Gasteiger partial charge in [-0.1, -0.05) is 13.0 Å². The van der Waals surface area contributed by atoms with Gasteiger partial charge in [0.1, 0.15) is 11.5 Å². The topological polar surface area (TPSA) is 68.7 Å². The van der Waals surface area contributed by atoms with Gasteiger partial charge in [-0.25, -0.2) is 9.37 Å². The predicted molar refractivity (Wildman–Crippen MR) is 104 cm³/mol. The zero-order valence-corrected chi connectivity index (χ0v) is 17.1. The number of carbonyl (C=O) groups is 1. The number of ether oxygens (including phenoxy) is 2.